The van der Waals surface area contributed by atoms with E-state index in [0.29, 0.717) is 31.5 Å². The number of hydrogen-bond acceptors (Lipinski definition) is 3. The van der Waals surface area contributed by atoms with E-state index in [2.05, 4.69) is 19.2 Å². The molecule has 0 aliphatic heterocycles. The lowest BCUT2D eigenvalue weighted by molar-refractivity contribution is -0.123. The highest BCUT2D eigenvalue weighted by Crippen LogP contribution is 2.06. The largest absolute Gasteiger partial charge is 0.380 e. The predicted molar refractivity (Wildman–Crippen MR) is 70.7 cm³/mol. The lowest BCUT2D eigenvalue weighted by atomic mass is 10.0. The maximum absolute atomic E-state index is 11.8. The molecular weight excluding hydrogens is 216 g/mol. The Hall–Kier alpha value is -0.610. The molecule has 2 unspecified atom stereocenters. The van der Waals surface area contributed by atoms with Gasteiger partial charge in [0, 0.05) is 19.1 Å². The van der Waals surface area contributed by atoms with Crippen molar-refractivity contribution in [3.63, 3.8) is 0 Å². The van der Waals surface area contributed by atoms with Crippen LogP contribution in [0.15, 0.2) is 0 Å². The number of ether oxygens (including phenoxy) is 1. The molecule has 4 heteroatoms. The van der Waals surface area contributed by atoms with Gasteiger partial charge in [-0.25, -0.2) is 0 Å². The molecule has 0 saturated carbocycles. The average molecular weight is 244 g/mol. The molecule has 0 bridgehead atoms. The van der Waals surface area contributed by atoms with Crippen LogP contribution in [-0.2, 0) is 9.53 Å². The van der Waals surface area contributed by atoms with Crippen LogP contribution in [0.5, 0.6) is 0 Å². The summed E-state index contributed by atoms with van der Waals surface area (Å²) in [6, 6.07) is -0.00304. The van der Waals surface area contributed by atoms with E-state index in [0.717, 1.165) is 0 Å². The zero-order valence-corrected chi connectivity index (χ0v) is 11.8. The highest BCUT2D eigenvalue weighted by Gasteiger charge is 2.19. The second-order valence-electron chi connectivity index (χ2n) is 5.19. The van der Waals surface area contributed by atoms with Gasteiger partial charge < -0.3 is 15.8 Å². The van der Waals surface area contributed by atoms with Crippen molar-refractivity contribution < 1.29 is 9.53 Å². The van der Waals surface area contributed by atoms with Gasteiger partial charge in [0.25, 0.3) is 0 Å². The van der Waals surface area contributed by atoms with Gasteiger partial charge >= 0.3 is 0 Å². The molecule has 0 heterocycles. The normalized spacial score (nSPS) is 15.1. The second-order valence-corrected chi connectivity index (χ2v) is 5.19. The number of rotatable bonds is 8. The molecule has 2 atom stereocenters. The third-order valence-electron chi connectivity index (χ3n) is 2.93. The van der Waals surface area contributed by atoms with Gasteiger partial charge in [0.1, 0.15) is 0 Å². The van der Waals surface area contributed by atoms with E-state index in [9.17, 15) is 4.79 Å². The number of carbonyl (C=O) groups is 1. The van der Waals surface area contributed by atoms with Crippen molar-refractivity contribution in [2.45, 2.75) is 53.1 Å². The predicted octanol–water partition coefficient (Wildman–Crippen LogP) is 1.54. The summed E-state index contributed by atoms with van der Waals surface area (Å²) in [6.45, 7) is 11.4. The Kier molecular flexibility index (Phi) is 8.17. The molecule has 0 aromatic rings. The minimum absolute atomic E-state index is 0.0182. The fourth-order valence-electron chi connectivity index (χ4n) is 1.36. The molecule has 3 N–H and O–H groups in total. The van der Waals surface area contributed by atoms with E-state index in [1.807, 2.05) is 20.8 Å². The maximum atomic E-state index is 11.8. The fourth-order valence-corrected chi connectivity index (χ4v) is 1.36. The van der Waals surface area contributed by atoms with Gasteiger partial charge in [0.15, 0.2) is 0 Å². The standard InChI is InChI=1S/C13H28N2O2/c1-6-17-8-12(10(4)5)15-13(16)7-11(14)9(2)3/h9-12H,6-8,14H2,1-5H3,(H,15,16). The summed E-state index contributed by atoms with van der Waals surface area (Å²) >= 11 is 0. The van der Waals surface area contributed by atoms with Crippen LogP contribution in [-0.4, -0.2) is 31.2 Å². The van der Waals surface area contributed by atoms with Gasteiger partial charge in [0.2, 0.25) is 5.91 Å². The number of hydrogen-bond donors (Lipinski definition) is 2. The summed E-state index contributed by atoms with van der Waals surface area (Å²) in [5, 5.41) is 2.99. The molecule has 0 aromatic heterocycles. The van der Waals surface area contributed by atoms with Crippen LogP contribution in [0.1, 0.15) is 41.0 Å². The molecule has 0 aliphatic rings. The third kappa shape index (κ3) is 7.34. The third-order valence-corrected chi connectivity index (χ3v) is 2.93. The monoisotopic (exact) mass is 244 g/mol. The van der Waals surface area contributed by atoms with E-state index >= 15 is 0 Å². The molecule has 17 heavy (non-hydrogen) atoms. The van der Waals surface area contributed by atoms with Crippen molar-refractivity contribution in [3.05, 3.63) is 0 Å². The zero-order valence-electron chi connectivity index (χ0n) is 11.8. The Labute approximate surface area is 105 Å². The van der Waals surface area contributed by atoms with E-state index in [4.69, 9.17) is 10.5 Å². The van der Waals surface area contributed by atoms with Crippen molar-refractivity contribution in [1.82, 2.24) is 5.32 Å². The lowest BCUT2D eigenvalue weighted by Gasteiger charge is -2.23. The number of nitrogens with two attached hydrogens (primary N) is 1. The Morgan fingerprint density at radius 2 is 1.82 bits per heavy atom. The fraction of sp³-hybridized carbons (Fsp3) is 0.923. The van der Waals surface area contributed by atoms with Gasteiger partial charge in [-0.3, -0.25) is 4.79 Å². The first-order chi connectivity index (χ1) is 7.88. The van der Waals surface area contributed by atoms with E-state index in [1.54, 1.807) is 0 Å². The van der Waals surface area contributed by atoms with Gasteiger partial charge in [-0.1, -0.05) is 27.7 Å². The smallest absolute Gasteiger partial charge is 0.221 e. The Bertz CT molecular complexity index is 217. The van der Waals surface area contributed by atoms with Crippen LogP contribution in [0.2, 0.25) is 0 Å². The first-order valence-electron chi connectivity index (χ1n) is 6.51. The van der Waals surface area contributed by atoms with Gasteiger partial charge in [-0.05, 0) is 18.8 Å². The van der Waals surface area contributed by atoms with Gasteiger partial charge in [0.05, 0.1) is 12.6 Å². The van der Waals surface area contributed by atoms with Crippen LogP contribution >= 0.6 is 0 Å². The van der Waals surface area contributed by atoms with E-state index < -0.39 is 0 Å². The van der Waals surface area contributed by atoms with Crippen molar-refractivity contribution >= 4 is 5.91 Å². The summed E-state index contributed by atoms with van der Waals surface area (Å²) in [7, 11) is 0. The molecule has 0 aromatic carbocycles. The average Bonchev–Trinajstić information content (AvgIpc) is 2.23. The van der Waals surface area contributed by atoms with Gasteiger partial charge in [-0.2, -0.15) is 0 Å². The van der Waals surface area contributed by atoms with Crippen LogP contribution in [0.4, 0.5) is 0 Å². The van der Waals surface area contributed by atoms with Crippen LogP contribution in [0, 0.1) is 11.8 Å². The number of nitrogens with one attached hydrogen (secondary N) is 1. The molecule has 0 aliphatic carbocycles. The minimum atomic E-state index is -0.0742. The molecule has 1 amide bonds. The van der Waals surface area contributed by atoms with E-state index in [1.165, 1.54) is 0 Å². The highest BCUT2D eigenvalue weighted by atomic mass is 16.5. The quantitative estimate of drug-likeness (QED) is 0.680. The lowest BCUT2D eigenvalue weighted by Crippen LogP contribution is -2.44. The highest BCUT2D eigenvalue weighted by molar-refractivity contribution is 5.76. The molecule has 0 spiro atoms. The van der Waals surface area contributed by atoms with Crippen molar-refractivity contribution in [2.24, 2.45) is 17.6 Å². The first kappa shape index (κ1) is 16.4. The van der Waals surface area contributed by atoms with Gasteiger partial charge in [-0.15, -0.1) is 0 Å². The molecule has 102 valence electrons. The molecule has 4 nitrogen and oxygen atoms in total. The summed E-state index contributed by atoms with van der Waals surface area (Å²) in [5.74, 6) is 0.704. The van der Waals surface area contributed by atoms with Crippen LogP contribution in [0.25, 0.3) is 0 Å². The Morgan fingerprint density at radius 1 is 1.24 bits per heavy atom. The molecule has 0 fully saturated rings. The Morgan fingerprint density at radius 3 is 2.24 bits per heavy atom. The van der Waals surface area contributed by atoms with Crippen molar-refractivity contribution in [1.29, 1.82) is 0 Å². The number of carbonyl (C=O) groups excluding carboxylic acids is 1. The molecule has 0 saturated heterocycles. The number of amides is 1. The summed E-state index contributed by atoms with van der Waals surface area (Å²) in [4.78, 5) is 11.8. The van der Waals surface area contributed by atoms with E-state index in [-0.39, 0.29) is 18.0 Å². The minimum Gasteiger partial charge on any atom is -0.380 e. The van der Waals surface area contributed by atoms with Crippen LogP contribution in [0.3, 0.4) is 0 Å². The zero-order chi connectivity index (χ0) is 13.4. The first-order valence-corrected chi connectivity index (χ1v) is 6.51. The molecule has 0 radical (unpaired) electrons. The summed E-state index contributed by atoms with van der Waals surface area (Å²) < 4.78 is 5.36. The van der Waals surface area contributed by atoms with Crippen LogP contribution < -0.4 is 11.1 Å². The topological polar surface area (TPSA) is 64.3 Å². The molecule has 0 rings (SSSR count). The SMILES string of the molecule is CCOCC(NC(=O)CC(N)C(C)C)C(C)C. The summed E-state index contributed by atoms with van der Waals surface area (Å²) in [6.07, 6.45) is 0.382. The summed E-state index contributed by atoms with van der Waals surface area (Å²) in [5.41, 5.74) is 5.88. The second kappa shape index (κ2) is 8.48. The van der Waals surface area contributed by atoms with Crippen molar-refractivity contribution in [3.8, 4) is 0 Å². The molecular formula is C13H28N2O2. The Balaban J connectivity index is 4.12. The van der Waals surface area contributed by atoms with Crippen molar-refractivity contribution in [2.75, 3.05) is 13.2 Å². The maximum Gasteiger partial charge on any atom is 0.221 e.